The summed E-state index contributed by atoms with van der Waals surface area (Å²) in [6.45, 7) is 0. The standard InChI is InChI=1S/C11H14O2.H2O/c12-11(13)9-5-4-8-10-6-2-1-3-7-10;/h1-3,6-7H,4-5,8-9H2,(H,12,13);1H2. The van der Waals surface area contributed by atoms with E-state index in [0.717, 1.165) is 19.3 Å². The Morgan fingerprint density at radius 2 is 1.79 bits per heavy atom. The van der Waals surface area contributed by atoms with Crippen LogP contribution >= 0.6 is 0 Å². The minimum absolute atomic E-state index is 0. The summed E-state index contributed by atoms with van der Waals surface area (Å²) in [7, 11) is 0. The first-order chi connectivity index (χ1) is 6.29. The molecule has 14 heavy (non-hydrogen) atoms. The average Bonchev–Trinajstić information content (AvgIpc) is 2.14. The molecule has 0 saturated carbocycles. The molecule has 0 aliphatic carbocycles. The third-order valence-corrected chi connectivity index (χ3v) is 1.95. The first-order valence-electron chi connectivity index (χ1n) is 4.55. The predicted octanol–water partition coefficient (Wildman–Crippen LogP) is 1.66. The Morgan fingerprint density at radius 1 is 1.14 bits per heavy atom. The zero-order chi connectivity index (χ0) is 9.52. The van der Waals surface area contributed by atoms with Gasteiger partial charge in [0.2, 0.25) is 0 Å². The number of benzene rings is 1. The van der Waals surface area contributed by atoms with Gasteiger partial charge in [0, 0.05) is 6.42 Å². The fourth-order valence-electron chi connectivity index (χ4n) is 1.25. The number of carboxylic acids is 1. The van der Waals surface area contributed by atoms with Gasteiger partial charge in [-0.1, -0.05) is 30.3 Å². The van der Waals surface area contributed by atoms with Crippen LogP contribution in [-0.2, 0) is 11.2 Å². The van der Waals surface area contributed by atoms with E-state index in [2.05, 4.69) is 12.1 Å². The van der Waals surface area contributed by atoms with Crippen LogP contribution in [0.1, 0.15) is 24.8 Å². The Labute approximate surface area is 83.7 Å². The molecule has 0 atom stereocenters. The monoisotopic (exact) mass is 196 g/mol. The van der Waals surface area contributed by atoms with Gasteiger partial charge in [0.25, 0.3) is 0 Å². The van der Waals surface area contributed by atoms with Crippen molar-refractivity contribution in [3.05, 3.63) is 35.9 Å². The predicted molar refractivity (Wildman–Crippen MR) is 55.2 cm³/mol. The van der Waals surface area contributed by atoms with E-state index < -0.39 is 5.97 Å². The summed E-state index contributed by atoms with van der Waals surface area (Å²) in [4.78, 5) is 10.2. The third kappa shape index (κ3) is 5.32. The number of unbranched alkanes of at least 4 members (excludes halogenated alkanes) is 1. The zero-order valence-corrected chi connectivity index (χ0v) is 8.07. The van der Waals surface area contributed by atoms with Gasteiger partial charge in [-0.25, -0.2) is 0 Å². The zero-order valence-electron chi connectivity index (χ0n) is 8.07. The van der Waals surface area contributed by atoms with E-state index in [1.807, 2.05) is 18.2 Å². The Morgan fingerprint density at radius 3 is 2.36 bits per heavy atom. The van der Waals surface area contributed by atoms with Crippen molar-refractivity contribution >= 4 is 5.97 Å². The van der Waals surface area contributed by atoms with E-state index in [-0.39, 0.29) is 11.9 Å². The molecule has 3 N–H and O–H groups in total. The summed E-state index contributed by atoms with van der Waals surface area (Å²) in [5, 5.41) is 8.41. The van der Waals surface area contributed by atoms with Crippen LogP contribution in [0.5, 0.6) is 0 Å². The van der Waals surface area contributed by atoms with Crippen molar-refractivity contribution in [3.8, 4) is 0 Å². The number of aryl methyl sites for hydroxylation is 1. The highest BCUT2D eigenvalue weighted by Crippen LogP contribution is 2.05. The highest BCUT2D eigenvalue weighted by Gasteiger charge is 1.96. The first kappa shape index (κ1) is 12.7. The molecule has 0 heterocycles. The molecule has 0 fully saturated rings. The SMILES string of the molecule is O.O=C(O)CCCCc1ccccc1. The van der Waals surface area contributed by atoms with Crippen LogP contribution in [0.15, 0.2) is 30.3 Å². The van der Waals surface area contributed by atoms with Gasteiger partial charge in [0.15, 0.2) is 0 Å². The van der Waals surface area contributed by atoms with Gasteiger partial charge in [-0.15, -0.1) is 0 Å². The van der Waals surface area contributed by atoms with Crippen molar-refractivity contribution in [2.45, 2.75) is 25.7 Å². The molecule has 0 spiro atoms. The molecule has 0 radical (unpaired) electrons. The van der Waals surface area contributed by atoms with Crippen molar-refractivity contribution in [2.75, 3.05) is 0 Å². The molecule has 1 aromatic carbocycles. The lowest BCUT2D eigenvalue weighted by Crippen LogP contribution is -1.94. The lowest BCUT2D eigenvalue weighted by atomic mass is 10.1. The Kier molecular flexibility index (Phi) is 6.41. The van der Waals surface area contributed by atoms with Crippen molar-refractivity contribution in [1.29, 1.82) is 0 Å². The molecular formula is C11H16O3. The van der Waals surface area contributed by atoms with Gasteiger partial charge in [-0.3, -0.25) is 4.79 Å². The average molecular weight is 196 g/mol. The number of carbonyl (C=O) groups is 1. The summed E-state index contributed by atoms with van der Waals surface area (Å²) < 4.78 is 0. The van der Waals surface area contributed by atoms with Gasteiger partial charge < -0.3 is 10.6 Å². The van der Waals surface area contributed by atoms with Crippen LogP contribution in [0, 0.1) is 0 Å². The van der Waals surface area contributed by atoms with Crippen LogP contribution < -0.4 is 0 Å². The summed E-state index contributed by atoms with van der Waals surface area (Å²) in [5.74, 6) is -0.701. The molecule has 0 bridgehead atoms. The van der Waals surface area contributed by atoms with E-state index in [9.17, 15) is 4.79 Å². The van der Waals surface area contributed by atoms with E-state index >= 15 is 0 Å². The van der Waals surface area contributed by atoms with E-state index in [4.69, 9.17) is 5.11 Å². The quantitative estimate of drug-likeness (QED) is 0.727. The number of rotatable bonds is 5. The molecule has 0 aromatic heterocycles. The normalized spacial score (nSPS) is 9.14. The Balaban J connectivity index is 0.00000169. The van der Waals surface area contributed by atoms with Crippen LogP contribution in [0.2, 0.25) is 0 Å². The highest BCUT2D eigenvalue weighted by atomic mass is 16.4. The minimum Gasteiger partial charge on any atom is -0.481 e. The molecule has 0 amide bonds. The molecule has 1 aromatic rings. The molecule has 3 nitrogen and oxygen atoms in total. The van der Waals surface area contributed by atoms with Gasteiger partial charge >= 0.3 is 5.97 Å². The van der Waals surface area contributed by atoms with Gasteiger partial charge in [-0.2, -0.15) is 0 Å². The highest BCUT2D eigenvalue weighted by molar-refractivity contribution is 5.66. The maximum absolute atomic E-state index is 10.2. The Bertz CT molecular complexity index is 256. The first-order valence-corrected chi connectivity index (χ1v) is 4.55. The lowest BCUT2D eigenvalue weighted by Gasteiger charge is -1.98. The maximum atomic E-state index is 10.2. The van der Waals surface area contributed by atoms with Crippen LogP contribution in [0.3, 0.4) is 0 Å². The third-order valence-electron chi connectivity index (χ3n) is 1.95. The molecule has 1 rings (SSSR count). The summed E-state index contributed by atoms with van der Waals surface area (Å²) in [6.07, 6.45) is 2.99. The second-order valence-electron chi connectivity index (χ2n) is 3.09. The molecule has 0 aliphatic heterocycles. The van der Waals surface area contributed by atoms with Crippen molar-refractivity contribution in [2.24, 2.45) is 0 Å². The van der Waals surface area contributed by atoms with Crippen molar-refractivity contribution in [1.82, 2.24) is 0 Å². The van der Waals surface area contributed by atoms with E-state index in [0.29, 0.717) is 0 Å². The summed E-state index contributed by atoms with van der Waals surface area (Å²) in [5.41, 5.74) is 1.29. The second kappa shape index (κ2) is 7.09. The van der Waals surface area contributed by atoms with Crippen molar-refractivity contribution < 1.29 is 15.4 Å². The maximum Gasteiger partial charge on any atom is 0.303 e. The van der Waals surface area contributed by atoms with E-state index in [1.165, 1.54) is 5.56 Å². The number of carboxylic acid groups (broad SMARTS) is 1. The molecule has 3 heteroatoms. The van der Waals surface area contributed by atoms with Crippen molar-refractivity contribution in [3.63, 3.8) is 0 Å². The van der Waals surface area contributed by atoms with Gasteiger partial charge in [0.05, 0.1) is 0 Å². The minimum atomic E-state index is -0.701. The second-order valence-corrected chi connectivity index (χ2v) is 3.09. The van der Waals surface area contributed by atoms with Gasteiger partial charge in [0.1, 0.15) is 0 Å². The lowest BCUT2D eigenvalue weighted by molar-refractivity contribution is -0.137. The molecule has 0 aliphatic rings. The largest absolute Gasteiger partial charge is 0.481 e. The summed E-state index contributed by atoms with van der Waals surface area (Å²) >= 11 is 0. The molecule has 78 valence electrons. The van der Waals surface area contributed by atoms with Crippen LogP contribution in [0.4, 0.5) is 0 Å². The summed E-state index contributed by atoms with van der Waals surface area (Å²) in [6, 6.07) is 10.1. The van der Waals surface area contributed by atoms with E-state index in [1.54, 1.807) is 0 Å². The smallest absolute Gasteiger partial charge is 0.303 e. The number of hydrogen-bond donors (Lipinski definition) is 1. The fourth-order valence-corrected chi connectivity index (χ4v) is 1.25. The fraction of sp³-hybridized carbons (Fsp3) is 0.364. The molecular weight excluding hydrogens is 180 g/mol. The van der Waals surface area contributed by atoms with Gasteiger partial charge in [-0.05, 0) is 24.8 Å². The number of aliphatic carboxylic acids is 1. The van der Waals surface area contributed by atoms with Crippen LogP contribution in [0.25, 0.3) is 0 Å². The Hall–Kier alpha value is -1.35. The number of hydrogen-bond acceptors (Lipinski definition) is 1. The van der Waals surface area contributed by atoms with Crippen LogP contribution in [-0.4, -0.2) is 16.6 Å². The molecule has 0 saturated heterocycles. The topological polar surface area (TPSA) is 68.8 Å². The molecule has 0 unspecified atom stereocenters.